The molecule has 4 heteroatoms. The number of unbranched alkanes of at least 4 members (excludes halogenated alkanes) is 4. The lowest BCUT2D eigenvalue weighted by atomic mass is 9.68. The molecule has 0 bridgehead atoms. The molecule has 0 saturated heterocycles. The lowest BCUT2D eigenvalue weighted by Crippen LogP contribution is -2.45. The molecular weight excluding hydrogens is 592 g/mol. The Bertz CT molecular complexity index is 1580. The van der Waals surface area contributed by atoms with Gasteiger partial charge in [0, 0.05) is 17.4 Å². The summed E-state index contributed by atoms with van der Waals surface area (Å²) < 4.78 is 20.1. The standard InChI is InChI=1S/C44H60O4/c1-9-11-13-15-32-25-38(45)42(35-23-30(5)17-19-34(35)29(3)4)39(26-32)46-21-22-47-40-27-33(16-14-12-10-2)28-41-43(40)36-24-31(6)18-20-37(36)44(7,8)48-41/h17,19,23-29,36-37,45H,9-16,18,20-22H2,1-8H3/t36-,37-/m1/s1. The van der Waals surface area contributed by atoms with Crippen LogP contribution in [-0.4, -0.2) is 23.9 Å². The van der Waals surface area contributed by atoms with Crippen LogP contribution in [0.25, 0.3) is 11.1 Å². The number of fused-ring (bicyclic) bond motifs is 3. The molecule has 0 amide bonds. The fraction of sp³-hybridized carbons (Fsp3) is 0.545. The van der Waals surface area contributed by atoms with E-state index in [1.807, 2.05) is 6.07 Å². The highest BCUT2D eigenvalue weighted by molar-refractivity contribution is 5.80. The fourth-order valence-corrected chi connectivity index (χ4v) is 7.86. The number of rotatable bonds is 15. The summed E-state index contributed by atoms with van der Waals surface area (Å²) in [5.74, 6) is 3.90. The highest BCUT2D eigenvalue weighted by Crippen LogP contribution is 2.54. The van der Waals surface area contributed by atoms with Crippen LogP contribution in [-0.2, 0) is 12.8 Å². The van der Waals surface area contributed by atoms with E-state index in [-0.39, 0.29) is 17.3 Å². The summed E-state index contributed by atoms with van der Waals surface area (Å²) >= 11 is 0. The Morgan fingerprint density at radius 1 is 0.854 bits per heavy atom. The van der Waals surface area contributed by atoms with E-state index in [1.165, 1.54) is 41.5 Å². The van der Waals surface area contributed by atoms with Gasteiger partial charge in [-0.05, 0) is 119 Å². The molecule has 1 N–H and O–H groups in total. The number of ether oxygens (including phenoxy) is 3. The Kier molecular flexibility index (Phi) is 11.9. The van der Waals surface area contributed by atoms with Crippen LogP contribution in [0.1, 0.15) is 139 Å². The molecule has 0 aromatic heterocycles. The Morgan fingerprint density at radius 2 is 1.50 bits per heavy atom. The van der Waals surface area contributed by atoms with Gasteiger partial charge in [0.25, 0.3) is 0 Å². The number of phenolic OH excluding ortho intramolecular Hbond substituents is 1. The van der Waals surface area contributed by atoms with Gasteiger partial charge in [-0.3, -0.25) is 0 Å². The molecule has 2 atom stereocenters. The fourth-order valence-electron chi connectivity index (χ4n) is 7.86. The van der Waals surface area contributed by atoms with Crippen molar-refractivity contribution in [2.24, 2.45) is 5.92 Å². The van der Waals surface area contributed by atoms with Gasteiger partial charge < -0.3 is 19.3 Å². The Balaban J connectivity index is 1.45. The van der Waals surface area contributed by atoms with Crippen molar-refractivity contribution >= 4 is 0 Å². The number of allylic oxidation sites excluding steroid dienone is 2. The first-order valence-corrected chi connectivity index (χ1v) is 18.8. The first kappa shape index (κ1) is 35.9. The summed E-state index contributed by atoms with van der Waals surface area (Å²) in [6.07, 6.45) is 13.6. The minimum absolute atomic E-state index is 0.234. The zero-order chi connectivity index (χ0) is 34.4. The summed E-state index contributed by atoms with van der Waals surface area (Å²) in [4.78, 5) is 0. The summed E-state index contributed by atoms with van der Waals surface area (Å²) in [6.45, 7) is 18.5. The smallest absolute Gasteiger partial charge is 0.131 e. The van der Waals surface area contributed by atoms with Crippen molar-refractivity contribution in [3.05, 3.63) is 81.9 Å². The second-order valence-corrected chi connectivity index (χ2v) is 15.2. The average Bonchev–Trinajstić information content (AvgIpc) is 3.02. The van der Waals surface area contributed by atoms with E-state index in [4.69, 9.17) is 14.2 Å². The van der Waals surface area contributed by atoms with E-state index in [2.05, 4.69) is 97.9 Å². The van der Waals surface area contributed by atoms with Crippen molar-refractivity contribution in [2.45, 2.75) is 137 Å². The maximum absolute atomic E-state index is 11.5. The van der Waals surface area contributed by atoms with Crippen LogP contribution in [0.2, 0.25) is 0 Å². The topological polar surface area (TPSA) is 47.9 Å². The van der Waals surface area contributed by atoms with Crippen LogP contribution >= 0.6 is 0 Å². The largest absolute Gasteiger partial charge is 0.507 e. The van der Waals surface area contributed by atoms with E-state index >= 15 is 0 Å². The molecule has 1 aliphatic heterocycles. The minimum Gasteiger partial charge on any atom is -0.507 e. The van der Waals surface area contributed by atoms with Gasteiger partial charge in [0.2, 0.25) is 0 Å². The van der Waals surface area contributed by atoms with Crippen molar-refractivity contribution in [1.29, 1.82) is 0 Å². The van der Waals surface area contributed by atoms with E-state index in [0.717, 1.165) is 84.4 Å². The van der Waals surface area contributed by atoms with Crippen molar-refractivity contribution < 1.29 is 19.3 Å². The third-order valence-electron chi connectivity index (χ3n) is 10.5. The molecule has 0 spiro atoms. The minimum atomic E-state index is -0.234. The highest BCUT2D eigenvalue weighted by atomic mass is 16.5. The van der Waals surface area contributed by atoms with Gasteiger partial charge >= 0.3 is 0 Å². The highest BCUT2D eigenvalue weighted by Gasteiger charge is 2.45. The Hall–Kier alpha value is -3.40. The predicted octanol–water partition coefficient (Wildman–Crippen LogP) is 12.0. The third-order valence-corrected chi connectivity index (χ3v) is 10.5. The molecule has 48 heavy (non-hydrogen) atoms. The first-order chi connectivity index (χ1) is 23.0. The quantitative estimate of drug-likeness (QED) is 0.131. The monoisotopic (exact) mass is 652 g/mol. The molecule has 0 saturated carbocycles. The van der Waals surface area contributed by atoms with E-state index in [1.54, 1.807) is 0 Å². The van der Waals surface area contributed by atoms with Crippen molar-refractivity contribution in [3.8, 4) is 34.1 Å². The molecular formula is C44H60O4. The number of phenols is 1. The molecule has 0 radical (unpaired) electrons. The van der Waals surface area contributed by atoms with Gasteiger partial charge in [-0.2, -0.15) is 0 Å². The lowest BCUT2D eigenvalue weighted by Gasteiger charge is -2.46. The maximum atomic E-state index is 11.5. The average molecular weight is 653 g/mol. The van der Waals surface area contributed by atoms with Crippen LogP contribution in [0.15, 0.2) is 54.1 Å². The van der Waals surface area contributed by atoms with E-state index in [0.29, 0.717) is 25.0 Å². The van der Waals surface area contributed by atoms with Crippen molar-refractivity contribution in [3.63, 3.8) is 0 Å². The zero-order valence-electron chi connectivity index (χ0n) is 31.0. The van der Waals surface area contributed by atoms with E-state index in [9.17, 15) is 5.11 Å². The number of aromatic hydroxyl groups is 1. The van der Waals surface area contributed by atoms with Crippen LogP contribution in [0, 0.1) is 12.8 Å². The molecule has 0 fully saturated rings. The van der Waals surface area contributed by atoms with Gasteiger partial charge in [-0.25, -0.2) is 0 Å². The first-order valence-electron chi connectivity index (χ1n) is 18.8. The van der Waals surface area contributed by atoms with Crippen molar-refractivity contribution in [2.75, 3.05) is 13.2 Å². The van der Waals surface area contributed by atoms with E-state index < -0.39 is 0 Å². The molecule has 260 valence electrons. The Morgan fingerprint density at radius 3 is 2.17 bits per heavy atom. The second-order valence-electron chi connectivity index (χ2n) is 15.2. The lowest BCUT2D eigenvalue weighted by molar-refractivity contribution is 0.0103. The molecule has 3 aromatic carbocycles. The normalized spacial score (nSPS) is 18.1. The van der Waals surface area contributed by atoms with Gasteiger partial charge in [0.05, 0.1) is 5.56 Å². The van der Waals surface area contributed by atoms with Crippen LogP contribution < -0.4 is 14.2 Å². The molecule has 1 aliphatic carbocycles. The molecule has 3 aromatic rings. The number of hydrogen-bond donors (Lipinski definition) is 1. The summed E-state index contributed by atoms with van der Waals surface area (Å²) in [5, 5.41) is 11.5. The van der Waals surface area contributed by atoms with Gasteiger partial charge in [0.1, 0.15) is 41.8 Å². The molecule has 5 rings (SSSR count). The number of hydrogen-bond acceptors (Lipinski definition) is 4. The summed E-state index contributed by atoms with van der Waals surface area (Å²) in [6, 6.07) is 15.1. The summed E-state index contributed by atoms with van der Waals surface area (Å²) in [5.41, 5.74) is 8.97. The van der Waals surface area contributed by atoms with Gasteiger partial charge in [-0.15, -0.1) is 0 Å². The number of aryl methyl sites for hydroxylation is 3. The van der Waals surface area contributed by atoms with Crippen LogP contribution in [0.5, 0.6) is 23.0 Å². The molecule has 1 heterocycles. The van der Waals surface area contributed by atoms with Gasteiger partial charge in [0.15, 0.2) is 0 Å². The van der Waals surface area contributed by atoms with Crippen molar-refractivity contribution in [1.82, 2.24) is 0 Å². The zero-order valence-corrected chi connectivity index (χ0v) is 31.0. The van der Waals surface area contributed by atoms with Crippen LogP contribution in [0.4, 0.5) is 0 Å². The maximum Gasteiger partial charge on any atom is 0.131 e. The van der Waals surface area contributed by atoms with Gasteiger partial charge in [-0.1, -0.05) is 88.8 Å². The number of benzene rings is 3. The molecule has 2 aliphatic rings. The Labute approximate surface area is 290 Å². The SMILES string of the molecule is CCCCCc1cc(O)c(-c2cc(C)ccc2C(C)C)c(OCCOc2cc(CCCCC)cc3c2[C@@H]2C=C(C)CC[C@H]2C(C)(C)O3)c1. The molecule has 0 unspecified atom stereocenters. The predicted molar refractivity (Wildman–Crippen MR) is 200 cm³/mol. The second kappa shape index (κ2) is 15.9. The summed E-state index contributed by atoms with van der Waals surface area (Å²) in [7, 11) is 0. The molecule has 4 nitrogen and oxygen atoms in total. The van der Waals surface area contributed by atoms with Crippen LogP contribution in [0.3, 0.4) is 0 Å². The third kappa shape index (κ3) is 8.24.